The maximum Gasteiger partial charge on any atom is 0.228 e. The third kappa shape index (κ3) is 3.18. The highest BCUT2D eigenvalue weighted by Gasteiger charge is 2.23. The summed E-state index contributed by atoms with van der Waals surface area (Å²) >= 11 is 0. The first-order valence-corrected chi connectivity index (χ1v) is 9.72. The van der Waals surface area contributed by atoms with Crippen LogP contribution < -0.4 is 15.5 Å². The van der Waals surface area contributed by atoms with E-state index in [-0.39, 0.29) is 5.91 Å². The molecule has 1 atom stereocenters. The van der Waals surface area contributed by atoms with Crippen molar-refractivity contribution in [1.29, 1.82) is 0 Å². The molecule has 0 unspecified atom stereocenters. The number of amides is 1. The van der Waals surface area contributed by atoms with E-state index in [0.717, 1.165) is 49.4 Å². The number of carbonyl (C=O) groups is 1. The van der Waals surface area contributed by atoms with Crippen molar-refractivity contribution in [3.63, 3.8) is 0 Å². The van der Waals surface area contributed by atoms with Gasteiger partial charge in [0.15, 0.2) is 11.5 Å². The number of aromatic nitrogens is 5. The van der Waals surface area contributed by atoms with Crippen LogP contribution in [0.15, 0.2) is 30.9 Å². The van der Waals surface area contributed by atoms with Gasteiger partial charge >= 0.3 is 0 Å². The van der Waals surface area contributed by atoms with E-state index < -0.39 is 0 Å². The van der Waals surface area contributed by atoms with Gasteiger partial charge in [0.25, 0.3) is 0 Å². The maximum absolute atomic E-state index is 12.1. The Labute approximate surface area is 162 Å². The van der Waals surface area contributed by atoms with Crippen LogP contribution >= 0.6 is 0 Å². The van der Waals surface area contributed by atoms with E-state index in [9.17, 15) is 4.79 Å². The first-order valence-electron chi connectivity index (χ1n) is 9.72. The number of hydrogen-bond donors (Lipinski definition) is 2. The Morgan fingerprint density at radius 1 is 1.18 bits per heavy atom. The fraction of sp³-hybridized carbons (Fsp3) is 0.421. The number of nitrogens with one attached hydrogen (secondary N) is 2. The third-order valence-corrected chi connectivity index (χ3v) is 5.28. The van der Waals surface area contributed by atoms with Gasteiger partial charge in [0.1, 0.15) is 0 Å². The smallest absolute Gasteiger partial charge is 0.228 e. The lowest BCUT2D eigenvalue weighted by Gasteiger charge is -2.23. The lowest BCUT2D eigenvalue weighted by Crippen LogP contribution is -2.38. The van der Waals surface area contributed by atoms with Crippen LogP contribution in [0.5, 0.6) is 0 Å². The Bertz CT molecular complexity index is 1010. The van der Waals surface area contributed by atoms with Crippen LogP contribution in [0, 0.1) is 0 Å². The highest BCUT2D eigenvalue weighted by Crippen LogP contribution is 2.24. The second-order valence-corrected chi connectivity index (χ2v) is 7.22. The van der Waals surface area contributed by atoms with Gasteiger partial charge in [-0.15, -0.1) is 0 Å². The number of nitrogens with zero attached hydrogens (tertiary/aromatic N) is 6. The van der Waals surface area contributed by atoms with Gasteiger partial charge in [-0.05, 0) is 31.9 Å². The lowest BCUT2D eigenvalue weighted by molar-refractivity contribution is -0.117. The van der Waals surface area contributed by atoms with Gasteiger partial charge in [-0.2, -0.15) is 0 Å². The minimum atomic E-state index is 0.114. The summed E-state index contributed by atoms with van der Waals surface area (Å²) in [6, 6.07) is 2.21. The van der Waals surface area contributed by atoms with E-state index in [1.165, 1.54) is 0 Å². The molecule has 0 aliphatic carbocycles. The minimum Gasteiger partial charge on any atom is -0.350 e. The third-order valence-electron chi connectivity index (χ3n) is 5.28. The van der Waals surface area contributed by atoms with E-state index in [1.54, 1.807) is 23.5 Å². The molecule has 2 fully saturated rings. The van der Waals surface area contributed by atoms with E-state index in [2.05, 4.69) is 30.6 Å². The number of anilines is 2. The Kier molecular flexibility index (Phi) is 4.36. The molecule has 0 aromatic carbocycles. The predicted octanol–water partition coefficient (Wildman–Crippen LogP) is 1.48. The molecule has 5 heterocycles. The molecular weight excluding hydrogens is 356 g/mol. The van der Waals surface area contributed by atoms with Gasteiger partial charge in [-0.3, -0.25) is 14.1 Å². The van der Waals surface area contributed by atoms with Crippen molar-refractivity contribution in [1.82, 2.24) is 29.7 Å². The summed E-state index contributed by atoms with van der Waals surface area (Å²) in [6.45, 7) is 2.69. The van der Waals surface area contributed by atoms with Gasteiger partial charge in [0.2, 0.25) is 11.9 Å². The van der Waals surface area contributed by atoms with Gasteiger partial charge in [-0.25, -0.2) is 19.9 Å². The molecular formula is C19H22N8O. The van der Waals surface area contributed by atoms with Gasteiger partial charge in [0.05, 0.1) is 30.0 Å². The average molecular weight is 378 g/mol. The molecule has 2 saturated heterocycles. The standard InChI is InChI=1S/C19H22N8O/c28-18-4-2-8-26(18)17-12-27-15(10-22-16(27)11-23-17)14-5-7-21-19(25-14)24-13-3-1-6-20-9-13/h5,7,10-13,20H,1-4,6,8-9H2,(H,21,24,25)/t13-/m1/s1. The van der Waals surface area contributed by atoms with Crippen molar-refractivity contribution in [3.05, 3.63) is 30.9 Å². The summed E-state index contributed by atoms with van der Waals surface area (Å²) in [4.78, 5) is 31.7. The summed E-state index contributed by atoms with van der Waals surface area (Å²) < 4.78 is 1.93. The molecule has 28 heavy (non-hydrogen) atoms. The van der Waals surface area contributed by atoms with Crippen LogP contribution in [0.4, 0.5) is 11.8 Å². The minimum absolute atomic E-state index is 0.114. The van der Waals surface area contributed by atoms with E-state index in [1.807, 2.05) is 16.7 Å². The Hall–Kier alpha value is -3.07. The predicted molar refractivity (Wildman–Crippen MR) is 105 cm³/mol. The molecule has 3 aromatic heterocycles. The van der Waals surface area contributed by atoms with Crippen LogP contribution in [0.2, 0.25) is 0 Å². The van der Waals surface area contributed by atoms with Crippen molar-refractivity contribution >= 4 is 23.3 Å². The molecule has 0 saturated carbocycles. The summed E-state index contributed by atoms with van der Waals surface area (Å²) in [6.07, 6.45) is 10.8. The number of piperidine rings is 1. The van der Waals surface area contributed by atoms with Crippen LogP contribution in [0.1, 0.15) is 25.7 Å². The average Bonchev–Trinajstić information content (AvgIpc) is 3.34. The molecule has 0 radical (unpaired) electrons. The zero-order valence-corrected chi connectivity index (χ0v) is 15.5. The monoisotopic (exact) mass is 378 g/mol. The fourth-order valence-corrected chi connectivity index (χ4v) is 3.83. The molecule has 2 N–H and O–H groups in total. The van der Waals surface area contributed by atoms with E-state index in [4.69, 9.17) is 0 Å². The molecule has 0 bridgehead atoms. The van der Waals surface area contributed by atoms with E-state index in [0.29, 0.717) is 30.8 Å². The summed E-state index contributed by atoms with van der Waals surface area (Å²) in [5.41, 5.74) is 2.34. The van der Waals surface area contributed by atoms with Gasteiger partial charge < -0.3 is 10.6 Å². The summed E-state index contributed by atoms with van der Waals surface area (Å²) in [5, 5.41) is 6.80. The molecule has 2 aliphatic rings. The molecule has 3 aromatic rings. The fourth-order valence-electron chi connectivity index (χ4n) is 3.83. The maximum atomic E-state index is 12.1. The summed E-state index contributed by atoms with van der Waals surface area (Å²) in [5.74, 6) is 1.38. The zero-order chi connectivity index (χ0) is 18.9. The number of rotatable bonds is 4. The Morgan fingerprint density at radius 3 is 2.96 bits per heavy atom. The molecule has 1 amide bonds. The van der Waals surface area contributed by atoms with Crippen LogP contribution in [-0.4, -0.2) is 55.9 Å². The highest BCUT2D eigenvalue weighted by molar-refractivity contribution is 5.94. The Balaban J connectivity index is 1.47. The lowest BCUT2D eigenvalue weighted by atomic mass is 10.1. The first kappa shape index (κ1) is 17.1. The summed E-state index contributed by atoms with van der Waals surface area (Å²) in [7, 11) is 0. The molecule has 2 aliphatic heterocycles. The number of hydrogen-bond acceptors (Lipinski definition) is 7. The van der Waals surface area contributed by atoms with E-state index >= 15 is 0 Å². The quantitative estimate of drug-likeness (QED) is 0.709. The van der Waals surface area contributed by atoms with Crippen molar-refractivity contribution in [2.24, 2.45) is 0 Å². The zero-order valence-electron chi connectivity index (χ0n) is 15.5. The van der Waals surface area contributed by atoms with Crippen LogP contribution in [0.3, 0.4) is 0 Å². The number of fused-ring (bicyclic) bond motifs is 1. The normalized spacial score (nSPS) is 20.1. The van der Waals surface area contributed by atoms with Crippen LogP contribution in [0.25, 0.3) is 17.0 Å². The second-order valence-electron chi connectivity index (χ2n) is 7.22. The highest BCUT2D eigenvalue weighted by atomic mass is 16.2. The van der Waals surface area contributed by atoms with Crippen molar-refractivity contribution in [3.8, 4) is 11.4 Å². The molecule has 5 rings (SSSR count). The topological polar surface area (TPSA) is 100 Å². The van der Waals surface area contributed by atoms with Gasteiger partial charge in [0, 0.05) is 31.7 Å². The molecule has 9 nitrogen and oxygen atoms in total. The van der Waals surface area contributed by atoms with Crippen LogP contribution in [-0.2, 0) is 4.79 Å². The number of imidazole rings is 1. The molecule has 0 spiro atoms. The van der Waals surface area contributed by atoms with Crippen molar-refractivity contribution < 1.29 is 4.79 Å². The second kappa shape index (κ2) is 7.16. The largest absolute Gasteiger partial charge is 0.350 e. The molecule has 144 valence electrons. The van der Waals surface area contributed by atoms with Crippen molar-refractivity contribution in [2.45, 2.75) is 31.7 Å². The molecule has 9 heteroatoms. The first-order chi connectivity index (χ1) is 13.8. The number of carbonyl (C=O) groups excluding carboxylic acids is 1. The van der Waals surface area contributed by atoms with Gasteiger partial charge in [-0.1, -0.05) is 0 Å². The van der Waals surface area contributed by atoms with Crippen molar-refractivity contribution in [2.75, 3.05) is 29.9 Å². The SMILES string of the molecule is O=C1CCCN1c1cn2c(-c3ccnc(N[C@@H]4CCCNC4)n3)cnc2cn1. The Morgan fingerprint density at radius 2 is 2.14 bits per heavy atom.